The van der Waals surface area contributed by atoms with E-state index in [1.165, 1.54) is 16.0 Å². The Kier molecular flexibility index (Phi) is 3.34. The fourth-order valence-corrected chi connectivity index (χ4v) is 3.12. The lowest BCUT2D eigenvalue weighted by Crippen LogP contribution is -1.87. The first kappa shape index (κ1) is 12.0. The lowest BCUT2D eigenvalue weighted by atomic mass is 10.0. The summed E-state index contributed by atoms with van der Waals surface area (Å²) < 4.78 is 5.46. The summed E-state index contributed by atoms with van der Waals surface area (Å²) in [5.41, 5.74) is 3.62. The summed E-state index contributed by atoms with van der Waals surface area (Å²) in [4.78, 5) is 1.28. The molecule has 1 aromatic heterocycles. The van der Waals surface area contributed by atoms with E-state index in [2.05, 4.69) is 41.8 Å². The van der Waals surface area contributed by atoms with Crippen LogP contribution in [0.4, 0.5) is 0 Å². The summed E-state index contributed by atoms with van der Waals surface area (Å²) in [6.07, 6.45) is 0. The molecular formula is C17H14OS. The zero-order chi connectivity index (χ0) is 13.1. The molecular weight excluding hydrogens is 252 g/mol. The maximum Gasteiger partial charge on any atom is 0.126 e. The van der Waals surface area contributed by atoms with E-state index in [9.17, 15) is 0 Å². The molecule has 2 heteroatoms. The smallest absolute Gasteiger partial charge is 0.126 e. The van der Waals surface area contributed by atoms with Crippen LogP contribution in [0.25, 0.3) is 21.6 Å². The molecule has 0 unspecified atom stereocenters. The molecule has 0 amide bonds. The maximum atomic E-state index is 5.46. The molecule has 1 nitrogen and oxygen atoms in total. The molecule has 0 spiro atoms. The van der Waals surface area contributed by atoms with Gasteiger partial charge in [0.2, 0.25) is 0 Å². The second-order valence-corrected chi connectivity index (χ2v) is 5.15. The fourth-order valence-electron chi connectivity index (χ4n) is 2.20. The summed E-state index contributed by atoms with van der Waals surface area (Å²) in [6.45, 7) is 0. The Labute approximate surface area is 117 Å². The number of ether oxygens (including phenoxy) is 1. The predicted octanol–water partition coefficient (Wildman–Crippen LogP) is 5.09. The van der Waals surface area contributed by atoms with Crippen molar-refractivity contribution in [2.24, 2.45) is 0 Å². The van der Waals surface area contributed by atoms with Crippen LogP contribution in [0, 0.1) is 0 Å². The second kappa shape index (κ2) is 5.29. The van der Waals surface area contributed by atoms with E-state index in [4.69, 9.17) is 4.74 Å². The van der Waals surface area contributed by atoms with Gasteiger partial charge < -0.3 is 4.74 Å². The Morgan fingerprint density at radius 1 is 0.789 bits per heavy atom. The molecule has 0 saturated heterocycles. The highest BCUT2D eigenvalue weighted by Crippen LogP contribution is 2.40. The molecule has 1 heterocycles. The van der Waals surface area contributed by atoms with Gasteiger partial charge in [0.1, 0.15) is 5.75 Å². The standard InChI is InChI=1S/C17H14OS/c1-18-16-10-6-5-9-14(16)15-11-12-19-17(15)13-7-3-2-4-8-13/h2-12H,1H3. The molecule has 19 heavy (non-hydrogen) atoms. The average Bonchev–Trinajstić information content (AvgIpc) is 2.97. The Balaban J connectivity index is 2.15. The Hall–Kier alpha value is -2.06. The summed E-state index contributed by atoms with van der Waals surface area (Å²) in [5.74, 6) is 0.915. The first-order valence-electron chi connectivity index (χ1n) is 6.16. The minimum absolute atomic E-state index is 0.915. The van der Waals surface area contributed by atoms with E-state index in [-0.39, 0.29) is 0 Å². The molecule has 0 aliphatic carbocycles. The van der Waals surface area contributed by atoms with E-state index in [1.54, 1.807) is 18.4 Å². The summed E-state index contributed by atoms with van der Waals surface area (Å²) >= 11 is 1.76. The monoisotopic (exact) mass is 266 g/mol. The van der Waals surface area contributed by atoms with Crippen molar-refractivity contribution in [3.63, 3.8) is 0 Å². The molecule has 3 aromatic rings. The van der Waals surface area contributed by atoms with Crippen LogP contribution in [0.1, 0.15) is 0 Å². The van der Waals surface area contributed by atoms with Crippen molar-refractivity contribution in [2.75, 3.05) is 7.11 Å². The van der Waals surface area contributed by atoms with Crippen molar-refractivity contribution in [1.29, 1.82) is 0 Å². The SMILES string of the molecule is COc1ccccc1-c1ccsc1-c1ccccc1. The number of para-hydroxylation sites is 1. The third kappa shape index (κ3) is 2.27. The first-order valence-corrected chi connectivity index (χ1v) is 7.04. The molecule has 3 rings (SSSR count). The van der Waals surface area contributed by atoms with Gasteiger partial charge in [-0.05, 0) is 23.1 Å². The van der Waals surface area contributed by atoms with Crippen molar-refractivity contribution in [3.8, 4) is 27.3 Å². The molecule has 0 N–H and O–H groups in total. The largest absolute Gasteiger partial charge is 0.496 e. The van der Waals surface area contributed by atoms with Gasteiger partial charge in [-0.2, -0.15) is 0 Å². The quantitative estimate of drug-likeness (QED) is 0.641. The van der Waals surface area contributed by atoms with E-state index in [0.717, 1.165) is 11.3 Å². The lowest BCUT2D eigenvalue weighted by Gasteiger charge is -2.09. The number of benzene rings is 2. The van der Waals surface area contributed by atoms with Crippen molar-refractivity contribution in [2.45, 2.75) is 0 Å². The van der Waals surface area contributed by atoms with E-state index >= 15 is 0 Å². The molecule has 0 atom stereocenters. The van der Waals surface area contributed by atoms with Crippen LogP contribution >= 0.6 is 11.3 Å². The summed E-state index contributed by atoms with van der Waals surface area (Å²) in [6, 6.07) is 20.8. The van der Waals surface area contributed by atoms with Gasteiger partial charge in [0.05, 0.1) is 7.11 Å². The van der Waals surface area contributed by atoms with Gasteiger partial charge in [0.25, 0.3) is 0 Å². The van der Waals surface area contributed by atoms with E-state index in [0.29, 0.717) is 0 Å². The average molecular weight is 266 g/mol. The molecule has 0 bridgehead atoms. The third-order valence-corrected chi connectivity index (χ3v) is 4.06. The minimum atomic E-state index is 0.915. The van der Waals surface area contributed by atoms with Gasteiger partial charge in [-0.15, -0.1) is 11.3 Å². The predicted molar refractivity (Wildman–Crippen MR) is 81.7 cm³/mol. The first-order chi connectivity index (χ1) is 9.40. The molecule has 94 valence electrons. The van der Waals surface area contributed by atoms with Gasteiger partial charge in [0, 0.05) is 16.0 Å². The molecule has 0 fully saturated rings. The fraction of sp³-hybridized carbons (Fsp3) is 0.0588. The third-order valence-electron chi connectivity index (χ3n) is 3.10. The van der Waals surface area contributed by atoms with Crippen molar-refractivity contribution >= 4 is 11.3 Å². The minimum Gasteiger partial charge on any atom is -0.496 e. The van der Waals surface area contributed by atoms with Crippen LogP contribution in [0.2, 0.25) is 0 Å². The summed E-state index contributed by atoms with van der Waals surface area (Å²) in [7, 11) is 1.72. The number of methoxy groups -OCH3 is 1. The van der Waals surface area contributed by atoms with Crippen molar-refractivity contribution in [1.82, 2.24) is 0 Å². The normalized spacial score (nSPS) is 10.4. The maximum absolute atomic E-state index is 5.46. The zero-order valence-corrected chi connectivity index (χ0v) is 11.5. The molecule has 2 aromatic carbocycles. The van der Waals surface area contributed by atoms with Crippen LogP contribution in [0.5, 0.6) is 5.75 Å². The van der Waals surface area contributed by atoms with Gasteiger partial charge >= 0.3 is 0 Å². The van der Waals surface area contributed by atoms with E-state index in [1.807, 2.05) is 24.3 Å². The van der Waals surface area contributed by atoms with Gasteiger partial charge in [-0.1, -0.05) is 48.5 Å². The summed E-state index contributed by atoms with van der Waals surface area (Å²) in [5, 5.41) is 2.13. The van der Waals surface area contributed by atoms with Crippen molar-refractivity contribution < 1.29 is 4.74 Å². The van der Waals surface area contributed by atoms with Gasteiger partial charge in [0.15, 0.2) is 0 Å². The Bertz CT molecular complexity index is 670. The van der Waals surface area contributed by atoms with Gasteiger partial charge in [-0.25, -0.2) is 0 Å². The molecule has 0 radical (unpaired) electrons. The number of hydrogen-bond donors (Lipinski definition) is 0. The number of rotatable bonds is 3. The van der Waals surface area contributed by atoms with Crippen LogP contribution in [0.15, 0.2) is 66.0 Å². The Morgan fingerprint density at radius 2 is 1.53 bits per heavy atom. The van der Waals surface area contributed by atoms with E-state index < -0.39 is 0 Å². The zero-order valence-electron chi connectivity index (χ0n) is 10.7. The Morgan fingerprint density at radius 3 is 2.32 bits per heavy atom. The second-order valence-electron chi connectivity index (χ2n) is 4.23. The molecule has 0 aliphatic heterocycles. The van der Waals surface area contributed by atoms with Crippen molar-refractivity contribution in [3.05, 3.63) is 66.0 Å². The molecule has 0 aliphatic rings. The van der Waals surface area contributed by atoms with Crippen LogP contribution in [0.3, 0.4) is 0 Å². The van der Waals surface area contributed by atoms with Crippen LogP contribution in [-0.4, -0.2) is 7.11 Å². The highest BCUT2D eigenvalue weighted by atomic mass is 32.1. The number of hydrogen-bond acceptors (Lipinski definition) is 2. The van der Waals surface area contributed by atoms with Crippen LogP contribution < -0.4 is 4.74 Å². The highest BCUT2D eigenvalue weighted by Gasteiger charge is 2.12. The van der Waals surface area contributed by atoms with Crippen LogP contribution in [-0.2, 0) is 0 Å². The topological polar surface area (TPSA) is 9.23 Å². The highest BCUT2D eigenvalue weighted by molar-refractivity contribution is 7.14. The number of thiophene rings is 1. The lowest BCUT2D eigenvalue weighted by molar-refractivity contribution is 0.416. The van der Waals surface area contributed by atoms with Gasteiger partial charge in [-0.3, -0.25) is 0 Å². The molecule has 0 saturated carbocycles.